The smallest absolute Gasteiger partial charge is 0.245 e. The number of Topliss-reactive ketones (excluding diaryl/α,β-unsaturated/α-hetero) is 1. The number of benzene rings is 1. The summed E-state index contributed by atoms with van der Waals surface area (Å²) in [5.41, 5.74) is 0.973. The van der Waals surface area contributed by atoms with Crippen LogP contribution in [0.5, 0.6) is 0 Å². The predicted molar refractivity (Wildman–Crippen MR) is 206 cm³/mol. The molecule has 0 spiro atoms. The number of carbonyl (C=O) groups is 5. The van der Waals surface area contributed by atoms with Gasteiger partial charge in [-0.1, -0.05) is 92.1 Å². The van der Waals surface area contributed by atoms with Gasteiger partial charge in [0.25, 0.3) is 0 Å². The van der Waals surface area contributed by atoms with Crippen molar-refractivity contribution in [2.24, 2.45) is 29.6 Å². The normalized spacial score (nSPS) is 19.4. The molecule has 294 valence electrons. The zero-order valence-corrected chi connectivity index (χ0v) is 34.3. The number of ether oxygens (including phenoxy) is 1. The molecule has 52 heavy (non-hydrogen) atoms. The molecule has 0 bridgehead atoms. The summed E-state index contributed by atoms with van der Waals surface area (Å²) in [5, 5.41) is 6.02. The number of hydrogen-bond donors (Lipinski definition) is 2. The van der Waals surface area contributed by atoms with Crippen LogP contribution in [-0.4, -0.2) is 115 Å². The highest BCUT2D eigenvalue weighted by Crippen LogP contribution is 2.31. The molecule has 0 saturated carbocycles. The fraction of sp³-hybridized carbons (Fsp3) is 0.732. The number of amides is 4. The molecule has 1 aromatic carbocycles. The summed E-state index contributed by atoms with van der Waals surface area (Å²) in [6.45, 7) is 17.9. The first kappa shape index (κ1) is 44.8. The standard InChI is InChI=1S/C41H69N5O6/c1-14-27(6)38(45(12)41(51)36(25(2)3)43-40(50)37(26(4)5)44(10)11)34(52-13)24-35(48)46-22-18-21-33(46)28(7)29(8)39(49)42-32(30(9)47)23-31-19-16-15-17-20-31/h15-17,19-20,25-29,32-34,36-38H,14,18,21-24H2,1-13H3,(H,42,49)(H,43,50)/t27-,28+,29+,32?,33-,34+,36?,37-,38?/m0/s1. The van der Waals surface area contributed by atoms with Crippen LogP contribution in [-0.2, 0) is 35.1 Å². The van der Waals surface area contributed by atoms with Crippen molar-refractivity contribution in [3.05, 3.63) is 35.9 Å². The lowest BCUT2D eigenvalue weighted by Gasteiger charge is -2.41. The number of nitrogens with one attached hydrogen (secondary N) is 2. The molecule has 11 nitrogen and oxygen atoms in total. The Kier molecular flexibility index (Phi) is 17.9. The van der Waals surface area contributed by atoms with E-state index in [1.54, 1.807) is 19.1 Å². The molecule has 9 atom stereocenters. The Morgan fingerprint density at radius 3 is 2.02 bits per heavy atom. The molecule has 1 heterocycles. The van der Waals surface area contributed by atoms with Gasteiger partial charge in [-0.3, -0.25) is 28.9 Å². The third-order valence-electron chi connectivity index (χ3n) is 11.3. The van der Waals surface area contributed by atoms with Crippen molar-refractivity contribution < 1.29 is 28.7 Å². The number of likely N-dealkylation sites (tertiary alicyclic amines) is 1. The predicted octanol–water partition coefficient (Wildman–Crippen LogP) is 4.57. The van der Waals surface area contributed by atoms with E-state index >= 15 is 0 Å². The van der Waals surface area contributed by atoms with Gasteiger partial charge in [-0.2, -0.15) is 0 Å². The summed E-state index contributed by atoms with van der Waals surface area (Å²) in [5.74, 6) is -1.48. The highest BCUT2D eigenvalue weighted by Gasteiger charge is 2.42. The number of carbonyl (C=O) groups excluding carboxylic acids is 5. The Bertz CT molecular complexity index is 1310. The van der Waals surface area contributed by atoms with Crippen molar-refractivity contribution in [3.8, 4) is 0 Å². The summed E-state index contributed by atoms with van der Waals surface area (Å²) < 4.78 is 6.02. The third kappa shape index (κ3) is 11.9. The Hall–Kier alpha value is -3.31. The zero-order chi connectivity index (χ0) is 39.4. The molecule has 0 radical (unpaired) electrons. The molecule has 2 rings (SSSR count). The topological polar surface area (TPSA) is 128 Å². The molecule has 1 aromatic rings. The van der Waals surface area contributed by atoms with Crippen LogP contribution in [0, 0.1) is 29.6 Å². The number of likely N-dealkylation sites (N-methyl/N-ethyl adjacent to an activating group) is 2. The van der Waals surface area contributed by atoms with Crippen LogP contribution in [0.15, 0.2) is 30.3 Å². The first-order valence-electron chi connectivity index (χ1n) is 19.3. The molecule has 1 saturated heterocycles. The lowest BCUT2D eigenvalue weighted by Crippen LogP contribution is -2.59. The van der Waals surface area contributed by atoms with E-state index in [1.165, 1.54) is 6.92 Å². The van der Waals surface area contributed by atoms with Crippen molar-refractivity contribution in [2.45, 2.75) is 131 Å². The summed E-state index contributed by atoms with van der Waals surface area (Å²) in [7, 11) is 7.05. The maximum atomic E-state index is 14.2. The number of methoxy groups -OCH3 is 1. The maximum Gasteiger partial charge on any atom is 0.245 e. The van der Waals surface area contributed by atoms with Gasteiger partial charge >= 0.3 is 0 Å². The van der Waals surface area contributed by atoms with Crippen LogP contribution < -0.4 is 10.6 Å². The minimum atomic E-state index is -0.745. The van der Waals surface area contributed by atoms with Crippen molar-refractivity contribution in [3.63, 3.8) is 0 Å². The van der Waals surface area contributed by atoms with E-state index in [1.807, 2.05) is 95.8 Å². The molecule has 4 amide bonds. The van der Waals surface area contributed by atoms with Crippen LogP contribution in [0.1, 0.15) is 93.6 Å². The van der Waals surface area contributed by atoms with Crippen LogP contribution in [0.25, 0.3) is 0 Å². The largest absolute Gasteiger partial charge is 0.379 e. The van der Waals surface area contributed by atoms with Gasteiger partial charge < -0.3 is 25.2 Å². The van der Waals surface area contributed by atoms with E-state index in [9.17, 15) is 24.0 Å². The highest BCUT2D eigenvalue weighted by molar-refractivity contribution is 5.90. The molecule has 0 aromatic heterocycles. The van der Waals surface area contributed by atoms with Gasteiger partial charge in [0.15, 0.2) is 5.78 Å². The second-order valence-electron chi connectivity index (χ2n) is 16.0. The minimum Gasteiger partial charge on any atom is -0.379 e. The lowest BCUT2D eigenvalue weighted by molar-refractivity contribution is -0.146. The van der Waals surface area contributed by atoms with Gasteiger partial charge in [0.2, 0.25) is 23.6 Å². The van der Waals surface area contributed by atoms with Crippen LogP contribution in [0.3, 0.4) is 0 Å². The third-order valence-corrected chi connectivity index (χ3v) is 11.3. The Labute approximate surface area is 313 Å². The first-order valence-corrected chi connectivity index (χ1v) is 19.3. The summed E-state index contributed by atoms with van der Waals surface area (Å²) >= 11 is 0. The fourth-order valence-corrected chi connectivity index (χ4v) is 7.79. The van der Waals surface area contributed by atoms with Gasteiger partial charge in [-0.25, -0.2) is 0 Å². The van der Waals surface area contributed by atoms with E-state index in [0.717, 1.165) is 24.8 Å². The molecule has 1 fully saturated rings. The van der Waals surface area contributed by atoms with E-state index < -0.39 is 30.1 Å². The van der Waals surface area contributed by atoms with E-state index in [0.29, 0.717) is 13.0 Å². The summed E-state index contributed by atoms with van der Waals surface area (Å²) in [6.07, 6.45) is 2.26. The zero-order valence-electron chi connectivity index (χ0n) is 34.3. The average molecular weight is 728 g/mol. The number of nitrogens with zero attached hydrogens (tertiary/aromatic N) is 3. The number of rotatable bonds is 20. The first-order chi connectivity index (χ1) is 24.4. The number of ketones is 1. The molecular weight excluding hydrogens is 658 g/mol. The maximum absolute atomic E-state index is 14.2. The summed E-state index contributed by atoms with van der Waals surface area (Å²) in [6, 6.07) is 7.30. The van der Waals surface area contributed by atoms with Crippen molar-refractivity contribution in [1.82, 2.24) is 25.3 Å². The van der Waals surface area contributed by atoms with Gasteiger partial charge in [0, 0.05) is 32.7 Å². The van der Waals surface area contributed by atoms with Crippen molar-refractivity contribution in [2.75, 3.05) is 34.8 Å². The van der Waals surface area contributed by atoms with E-state index in [4.69, 9.17) is 4.74 Å². The lowest BCUT2D eigenvalue weighted by atomic mass is 9.86. The molecule has 2 N–H and O–H groups in total. The quantitative estimate of drug-likeness (QED) is 0.202. The van der Waals surface area contributed by atoms with Crippen molar-refractivity contribution in [1.29, 1.82) is 0 Å². The van der Waals surface area contributed by atoms with E-state index in [2.05, 4.69) is 24.5 Å². The molecule has 1 aliphatic heterocycles. The molecular formula is C41H69N5O6. The molecule has 3 unspecified atom stereocenters. The molecule has 1 aliphatic rings. The van der Waals surface area contributed by atoms with Crippen LogP contribution >= 0.6 is 0 Å². The van der Waals surface area contributed by atoms with Gasteiger partial charge in [-0.15, -0.1) is 0 Å². The Balaban J connectivity index is 2.23. The molecule has 0 aliphatic carbocycles. The Morgan fingerprint density at radius 1 is 0.904 bits per heavy atom. The second-order valence-corrected chi connectivity index (χ2v) is 16.0. The minimum absolute atomic E-state index is 0.00234. The molecule has 11 heteroatoms. The average Bonchev–Trinajstić information content (AvgIpc) is 3.59. The van der Waals surface area contributed by atoms with Crippen molar-refractivity contribution >= 4 is 29.4 Å². The Morgan fingerprint density at radius 2 is 1.52 bits per heavy atom. The van der Waals surface area contributed by atoms with Crippen LogP contribution in [0.2, 0.25) is 0 Å². The van der Waals surface area contributed by atoms with Crippen LogP contribution in [0.4, 0.5) is 0 Å². The van der Waals surface area contributed by atoms with Gasteiger partial charge in [0.05, 0.1) is 30.7 Å². The van der Waals surface area contributed by atoms with Gasteiger partial charge in [-0.05, 0) is 69.5 Å². The van der Waals surface area contributed by atoms with Gasteiger partial charge in [0.1, 0.15) is 6.04 Å². The fourth-order valence-electron chi connectivity index (χ4n) is 7.79. The van der Waals surface area contributed by atoms with E-state index in [-0.39, 0.29) is 71.6 Å². The summed E-state index contributed by atoms with van der Waals surface area (Å²) in [4.78, 5) is 73.1. The second kappa shape index (κ2) is 20.8. The highest BCUT2D eigenvalue weighted by atomic mass is 16.5. The number of hydrogen-bond acceptors (Lipinski definition) is 7. The monoisotopic (exact) mass is 728 g/mol. The SMILES string of the molecule is CC[C@H](C)C([C@@H](CC(=O)N1CCC[C@H]1[C@H](C)[C@@H](C)C(=O)NC(Cc1ccccc1)C(C)=O)OC)N(C)C(=O)C(NC(=O)[C@H](C(C)C)N(C)C)C(C)C.